The molecular formula is C12H14N3O2-. The summed E-state index contributed by atoms with van der Waals surface area (Å²) in [5.41, 5.74) is 2.04. The number of rotatable bonds is 1. The van der Waals surface area contributed by atoms with Gasteiger partial charge in [-0.3, -0.25) is 0 Å². The topological polar surface area (TPSA) is 70.3 Å². The van der Waals surface area contributed by atoms with Crippen LogP contribution in [0.1, 0.15) is 42.5 Å². The number of carboxylic acid groups (broad SMARTS) is 1. The summed E-state index contributed by atoms with van der Waals surface area (Å²) in [5, 5.41) is 15.3. The van der Waals surface area contributed by atoms with Gasteiger partial charge in [-0.25, -0.2) is 9.50 Å². The highest BCUT2D eigenvalue weighted by atomic mass is 16.4. The van der Waals surface area contributed by atoms with Gasteiger partial charge in [-0.05, 0) is 6.92 Å². The highest BCUT2D eigenvalue weighted by Gasteiger charge is 2.19. The molecule has 0 aromatic carbocycles. The summed E-state index contributed by atoms with van der Waals surface area (Å²) in [6.45, 7) is 7.83. The first kappa shape index (κ1) is 11.6. The van der Waals surface area contributed by atoms with Gasteiger partial charge in [-0.2, -0.15) is 5.10 Å². The van der Waals surface area contributed by atoms with Gasteiger partial charge in [-0.15, -0.1) is 0 Å². The highest BCUT2D eigenvalue weighted by Crippen LogP contribution is 2.22. The van der Waals surface area contributed by atoms with Gasteiger partial charge in [0.15, 0.2) is 5.65 Å². The van der Waals surface area contributed by atoms with Gasteiger partial charge in [0.2, 0.25) is 0 Å². The molecule has 0 saturated heterocycles. The molecule has 2 heterocycles. The summed E-state index contributed by atoms with van der Waals surface area (Å²) in [5.74, 6) is -1.23. The first-order valence-corrected chi connectivity index (χ1v) is 5.38. The summed E-state index contributed by atoms with van der Waals surface area (Å²) < 4.78 is 1.55. The van der Waals surface area contributed by atoms with Crippen LogP contribution in [-0.4, -0.2) is 20.6 Å². The average Bonchev–Trinajstić information content (AvgIpc) is 2.61. The number of carboxylic acids is 1. The van der Waals surface area contributed by atoms with Gasteiger partial charge >= 0.3 is 0 Å². The van der Waals surface area contributed by atoms with Crippen LogP contribution >= 0.6 is 0 Å². The number of aryl methyl sites for hydroxylation is 1. The van der Waals surface area contributed by atoms with E-state index in [1.165, 1.54) is 6.20 Å². The fourth-order valence-electron chi connectivity index (χ4n) is 1.62. The molecule has 0 fully saturated rings. The van der Waals surface area contributed by atoms with Crippen molar-refractivity contribution in [3.63, 3.8) is 0 Å². The van der Waals surface area contributed by atoms with Crippen molar-refractivity contribution in [1.29, 1.82) is 0 Å². The SMILES string of the molecule is Cc1c(C(=O)[O-])cnc2cc(C(C)(C)C)nn12. The van der Waals surface area contributed by atoms with Crippen LogP contribution in [0.25, 0.3) is 5.65 Å². The van der Waals surface area contributed by atoms with Crippen molar-refractivity contribution in [2.75, 3.05) is 0 Å². The molecule has 0 bridgehead atoms. The molecule has 17 heavy (non-hydrogen) atoms. The van der Waals surface area contributed by atoms with Crippen LogP contribution in [0.2, 0.25) is 0 Å². The van der Waals surface area contributed by atoms with Crippen molar-refractivity contribution in [3.8, 4) is 0 Å². The Kier molecular flexibility index (Phi) is 2.41. The molecule has 0 radical (unpaired) electrons. The lowest BCUT2D eigenvalue weighted by molar-refractivity contribution is -0.255. The summed E-state index contributed by atoms with van der Waals surface area (Å²) >= 11 is 0. The van der Waals surface area contributed by atoms with Crippen molar-refractivity contribution in [1.82, 2.24) is 14.6 Å². The van der Waals surface area contributed by atoms with E-state index in [2.05, 4.69) is 10.1 Å². The van der Waals surface area contributed by atoms with Crippen LogP contribution in [0.3, 0.4) is 0 Å². The van der Waals surface area contributed by atoms with E-state index in [4.69, 9.17) is 0 Å². The van der Waals surface area contributed by atoms with E-state index in [0.717, 1.165) is 5.69 Å². The van der Waals surface area contributed by atoms with E-state index < -0.39 is 5.97 Å². The standard InChI is InChI=1S/C12H15N3O2/c1-7-8(11(16)17)6-13-10-5-9(12(2,3)4)14-15(7)10/h5-6H,1-4H3,(H,16,17)/p-1. The molecular weight excluding hydrogens is 218 g/mol. The number of nitrogens with zero attached hydrogens (tertiary/aromatic N) is 3. The predicted octanol–water partition coefficient (Wildman–Crippen LogP) is 0.699. The largest absolute Gasteiger partial charge is 0.545 e. The second-order valence-electron chi connectivity index (χ2n) is 5.09. The van der Waals surface area contributed by atoms with Gasteiger partial charge in [-0.1, -0.05) is 20.8 Å². The minimum absolute atomic E-state index is 0.0704. The average molecular weight is 232 g/mol. The number of fused-ring (bicyclic) bond motifs is 1. The minimum Gasteiger partial charge on any atom is -0.545 e. The summed E-state index contributed by atoms with van der Waals surface area (Å²) in [7, 11) is 0. The number of carbonyl (C=O) groups is 1. The molecule has 2 rings (SSSR count). The van der Waals surface area contributed by atoms with Crippen molar-refractivity contribution in [3.05, 3.63) is 29.2 Å². The van der Waals surface area contributed by atoms with E-state index in [0.29, 0.717) is 11.3 Å². The second kappa shape index (κ2) is 3.55. The maximum atomic E-state index is 10.9. The third kappa shape index (κ3) is 1.88. The van der Waals surface area contributed by atoms with Gasteiger partial charge in [0.25, 0.3) is 0 Å². The van der Waals surface area contributed by atoms with Crippen LogP contribution < -0.4 is 5.11 Å². The lowest BCUT2D eigenvalue weighted by Crippen LogP contribution is -2.24. The molecule has 90 valence electrons. The quantitative estimate of drug-likeness (QED) is 0.725. The number of carbonyl (C=O) groups excluding carboxylic acids is 1. The predicted molar refractivity (Wildman–Crippen MR) is 60.8 cm³/mol. The van der Waals surface area contributed by atoms with Crippen LogP contribution in [0, 0.1) is 6.92 Å². The molecule has 0 aliphatic heterocycles. The molecule has 2 aromatic heterocycles. The number of hydrogen-bond donors (Lipinski definition) is 0. The Balaban J connectivity index is 2.70. The third-order valence-corrected chi connectivity index (χ3v) is 2.71. The summed E-state index contributed by atoms with van der Waals surface area (Å²) in [4.78, 5) is 15.0. The lowest BCUT2D eigenvalue weighted by atomic mass is 9.93. The first-order valence-electron chi connectivity index (χ1n) is 5.38. The first-order chi connectivity index (χ1) is 7.80. The molecule has 0 saturated carbocycles. The smallest absolute Gasteiger partial charge is 0.155 e. The van der Waals surface area contributed by atoms with Crippen LogP contribution in [0.4, 0.5) is 0 Å². The van der Waals surface area contributed by atoms with Crippen molar-refractivity contribution >= 4 is 11.6 Å². The summed E-state index contributed by atoms with van der Waals surface area (Å²) in [6, 6.07) is 1.87. The zero-order valence-electron chi connectivity index (χ0n) is 10.3. The Morgan fingerprint density at radius 1 is 1.41 bits per heavy atom. The molecule has 0 aliphatic rings. The number of aromatic carboxylic acids is 1. The van der Waals surface area contributed by atoms with Crippen molar-refractivity contribution < 1.29 is 9.90 Å². The van der Waals surface area contributed by atoms with Crippen molar-refractivity contribution in [2.24, 2.45) is 0 Å². The van der Waals surface area contributed by atoms with Gasteiger partial charge in [0, 0.05) is 23.2 Å². The normalized spacial score (nSPS) is 12.0. The lowest BCUT2D eigenvalue weighted by Gasteiger charge is -2.13. The Morgan fingerprint density at radius 2 is 2.06 bits per heavy atom. The van der Waals surface area contributed by atoms with Gasteiger partial charge in [0.1, 0.15) is 0 Å². The zero-order valence-corrected chi connectivity index (χ0v) is 10.3. The highest BCUT2D eigenvalue weighted by molar-refractivity contribution is 5.86. The molecule has 0 amide bonds. The summed E-state index contributed by atoms with van der Waals surface area (Å²) in [6.07, 6.45) is 1.31. The molecule has 0 atom stereocenters. The second-order valence-corrected chi connectivity index (χ2v) is 5.09. The van der Waals surface area contributed by atoms with E-state index in [1.54, 1.807) is 11.4 Å². The maximum Gasteiger partial charge on any atom is 0.155 e. The number of hydrogen-bond acceptors (Lipinski definition) is 4. The fourth-order valence-corrected chi connectivity index (χ4v) is 1.62. The third-order valence-electron chi connectivity index (χ3n) is 2.71. The van der Waals surface area contributed by atoms with Gasteiger partial charge in [0.05, 0.1) is 17.4 Å². The Labute approximate surface area is 99.1 Å². The molecule has 2 aromatic rings. The maximum absolute atomic E-state index is 10.9. The monoisotopic (exact) mass is 232 g/mol. The molecule has 0 unspecified atom stereocenters. The van der Waals surface area contributed by atoms with E-state index in [9.17, 15) is 9.90 Å². The molecule has 0 spiro atoms. The Morgan fingerprint density at radius 3 is 2.59 bits per heavy atom. The zero-order chi connectivity index (χ0) is 12.8. The van der Waals surface area contributed by atoms with E-state index in [1.807, 2.05) is 26.8 Å². The number of aromatic nitrogens is 3. The van der Waals surface area contributed by atoms with Crippen molar-refractivity contribution in [2.45, 2.75) is 33.1 Å². The van der Waals surface area contributed by atoms with Crippen LogP contribution in [0.15, 0.2) is 12.3 Å². The fraction of sp³-hybridized carbons (Fsp3) is 0.417. The molecule has 5 nitrogen and oxygen atoms in total. The minimum atomic E-state index is -1.23. The van der Waals surface area contributed by atoms with Crippen LogP contribution in [-0.2, 0) is 5.41 Å². The van der Waals surface area contributed by atoms with E-state index >= 15 is 0 Å². The Hall–Kier alpha value is -1.91. The molecule has 0 aliphatic carbocycles. The van der Waals surface area contributed by atoms with Crippen LogP contribution in [0.5, 0.6) is 0 Å². The van der Waals surface area contributed by atoms with Gasteiger partial charge < -0.3 is 9.90 Å². The molecule has 5 heteroatoms. The Bertz CT molecular complexity index is 594. The van der Waals surface area contributed by atoms with E-state index in [-0.39, 0.29) is 11.0 Å². The molecule has 0 N–H and O–H groups in total.